The fourth-order valence-corrected chi connectivity index (χ4v) is 4.87. The second-order valence-electron chi connectivity index (χ2n) is 8.24. The van der Waals surface area contributed by atoms with E-state index in [9.17, 15) is 4.39 Å². The highest BCUT2D eigenvalue weighted by Crippen LogP contribution is 2.40. The van der Waals surface area contributed by atoms with Crippen LogP contribution in [0.1, 0.15) is 18.5 Å². The fraction of sp³-hybridized carbons (Fsp3) is 0.364. The van der Waals surface area contributed by atoms with Crippen LogP contribution in [0, 0.1) is 24.6 Å². The summed E-state index contributed by atoms with van der Waals surface area (Å²) in [6.07, 6.45) is 5.38. The molecule has 0 amide bonds. The number of ether oxygens (including phenoxy) is 1. The number of aryl methyl sites for hydroxylation is 1. The summed E-state index contributed by atoms with van der Waals surface area (Å²) in [6, 6.07) is 6.45. The molecule has 166 valence electrons. The standard InChI is InChI=1S/C22H23ClFN7O/c1-3-31-22(32-18-8-16(23)7-17(24)9-18)28-21(29-31)27-20-14-4-5-15(20)11-30(10-14)19-6-13(2)25-12-26-19/h3,6-9,12,14-15,20H,1,4-5,10-11H2,2H3,(H,27,29)/t14-,15?,20-/m1/s1. The molecule has 2 bridgehead atoms. The average Bonchev–Trinajstić information content (AvgIpc) is 3.22. The third-order valence-electron chi connectivity index (χ3n) is 6.06. The number of halogens is 2. The zero-order valence-electron chi connectivity index (χ0n) is 17.6. The Morgan fingerprint density at radius 1 is 1.19 bits per heavy atom. The maximum absolute atomic E-state index is 13.6. The molecule has 3 atom stereocenters. The topological polar surface area (TPSA) is 81.0 Å². The molecule has 2 aliphatic rings. The molecule has 0 spiro atoms. The van der Waals surface area contributed by atoms with Crippen LogP contribution in [0.5, 0.6) is 11.8 Å². The van der Waals surface area contributed by atoms with Crippen LogP contribution in [0.3, 0.4) is 0 Å². The van der Waals surface area contributed by atoms with Crippen molar-refractivity contribution in [1.29, 1.82) is 0 Å². The first-order chi connectivity index (χ1) is 15.5. The highest BCUT2D eigenvalue weighted by molar-refractivity contribution is 6.30. The second-order valence-corrected chi connectivity index (χ2v) is 8.68. The molecule has 1 aliphatic carbocycles. The van der Waals surface area contributed by atoms with E-state index in [1.807, 2.05) is 13.0 Å². The quantitative estimate of drug-likeness (QED) is 0.590. The Kier molecular flexibility index (Phi) is 5.42. The molecule has 1 aromatic carbocycles. The maximum Gasteiger partial charge on any atom is 0.326 e. The maximum atomic E-state index is 13.6. The van der Waals surface area contributed by atoms with E-state index >= 15 is 0 Å². The van der Waals surface area contributed by atoms with Crippen LogP contribution < -0.4 is 15.0 Å². The Morgan fingerprint density at radius 3 is 2.66 bits per heavy atom. The van der Waals surface area contributed by atoms with Gasteiger partial charge in [0.1, 0.15) is 23.7 Å². The first-order valence-electron chi connectivity index (χ1n) is 10.5. The molecule has 1 N–H and O–H groups in total. The largest absolute Gasteiger partial charge is 0.424 e. The van der Waals surface area contributed by atoms with E-state index in [0.717, 1.165) is 37.4 Å². The first kappa shape index (κ1) is 20.7. The van der Waals surface area contributed by atoms with E-state index in [0.29, 0.717) is 17.8 Å². The minimum Gasteiger partial charge on any atom is -0.424 e. The summed E-state index contributed by atoms with van der Waals surface area (Å²) in [5, 5.41) is 8.18. The lowest BCUT2D eigenvalue weighted by Gasteiger charge is -2.38. The monoisotopic (exact) mass is 455 g/mol. The number of aromatic nitrogens is 5. The molecule has 10 heteroatoms. The smallest absolute Gasteiger partial charge is 0.326 e. The third-order valence-corrected chi connectivity index (χ3v) is 6.28. The van der Waals surface area contributed by atoms with Gasteiger partial charge >= 0.3 is 6.01 Å². The van der Waals surface area contributed by atoms with Gasteiger partial charge in [0, 0.05) is 48.2 Å². The zero-order valence-corrected chi connectivity index (χ0v) is 18.3. The van der Waals surface area contributed by atoms with Crippen molar-refractivity contribution in [2.24, 2.45) is 11.8 Å². The Labute approximate surface area is 190 Å². The lowest BCUT2D eigenvalue weighted by Crippen LogP contribution is -2.48. The van der Waals surface area contributed by atoms with Crippen molar-refractivity contribution in [3.8, 4) is 11.8 Å². The summed E-state index contributed by atoms with van der Waals surface area (Å²) in [6.45, 7) is 7.56. The van der Waals surface area contributed by atoms with E-state index in [2.05, 4.69) is 36.8 Å². The highest BCUT2D eigenvalue weighted by Gasteiger charge is 2.43. The van der Waals surface area contributed by atoms with Crippen LogP contribution in [0.15, 0.2) is 37.2 Å². The Bertz CT molecular complexity index is 1120. The molecule has 1 saturated heterocycles. The molecule has 2 aromatic heterocycles. The van der Waals surface area contributed by atoms with Crippen LogP contribution in [-0.4, -0.2) is 43.9 Å². The molecular weight excluding hydrogens is 433 g/mol. The first-order valence-corrected chi connectivity index (χ1v) is 10.9. The van der Waals surface area contributed by atoms with E-state index in [4.69, 9.17) is 16.3 Å². The number of benzene rings is 1. The summed E-state index contributed by atoms with van der Waals surface area (Å²) in [5.41, 5.74) is 0.967. The lowest BCUT2D eigenvalue weighted by molar-refractivity contribution is 0.374. The highest BCUT2D eigenvalue weighted by atomic mass is 35.5. The van der Waals surface area contributed by atoms with E-state index in [1.165, 1.54) is 29.1 Å². The molecule has 3 heterocycles. The van der Waals surface area contributed by atoms with Gasteiger partial charge in [0.15, 0.2) is 0 Å². The van der Waals surface area contributed by atoms with Gasteiger partial charge in [-0.25, -0.2) is 14.4 Å². The summed E-state index contributed by atoms with van der Waals surface area (Å²) in [4.78, 5) is 15.5. The van der Waals surface area contributed by atoms with Gasteiger partial charge in [-0.1, -0.05) is 18.2 Å². The minimum absolute atomic E-state index is 0.186. The van der Waals surface area contributed by atoms with Crippen LogP contribution >= 0.6 is 11.6 Å². The van der Waals surface area contributed by atoms with Crippen LogP contribution in [0.4, 0.5) is 16.2 Å². The summed E-state index contributed by atoms with van der Waals surface area (Å²) in [7, 11) is 0. The van der Waals surface area contributed by atoms with Crippen molar-refractivity contribution in [1.82, 2.24) is 24.7 Å². The molecule has 2 fully saturated rings. The van der Waals surface area contributed by atoms with Gasteiger partial charge in [-0.2, -0.15) is 9.67 Å². The van der Waals surface area contributed by atoms with Crippen molar-refractivity contribution < 1.29 is 9.13 Å². The SMILES string of the molecule is C=Cn1nc(N[C@H]2C3CC[C@@H]2CN(c2cc(C)ncn2)C3)nc1Oc1cc(F)cc(Cl)c1. The van der Waals surface area contributed by atoms with Crippen molar-refractivity contribution in [3.63, 3.8) is 0 Å². The van der Waals surface area contributed by atoms with Crippen LogP contribution in [-0.2, 0) is 0 Å². The molecular formula is C22H23ClFN7O. The minimum atomic E-state index is -0.488. The summed E-state index contributed by atoms with van der Waals surface area (Å²) < 4.78 is 20.8. The molecule has 1 aliphatic heterocycles. The van der Waals surface area contributed by atoms with E-state index in [1.54, 1.807) is 6.33 Å². The average molecular weight is 456 g/mol. The van der Waals surface area contributed by atoms with Crippen LogP contribution in [0.25, 0.3) is 6.20 Å². The number of piperidine rings is 1. The number of rotatable bonds is 6. The number of nitrogens with zero attached hydrogens (tertiary/aromatic N) is 6. The Balaban J connectivity index is 1.31. The van der Waals surface area contributed by atoms with E-state index in [-0.39, 0.29) is 22.8 Å². The number of nitrogens with one attached hydrogen (secondary N) is 1. The number of hydrogen-bond donors (Lipinski definition) is 1. The normalized spacial score (nSPS) is 22.1. The molecule has 32 heavy (non-hydrogen) atoms. The Morgan fingerprint density at radius 2 is 1.97 bits per heavy atom. The third kappa shape index (κ3) is 4.12. The molecule has 8 nitrogen and oxygen atoms in total. The van der Waals surface area contributed by atoms with Gasteiger partial charge in [-0.3, -0.25) is 0 Å². The predicted molar refractivity (Wildman–Crippen MR) is 120 cm³/mol. The second kappa shape index (κ2) is 8.38. The van der Waals surface area contributed by atoms with Crippen molar-refractivity contribution in [3.05, 3.63) is 53.7 Å². The number of hydrogen-bond acceptors (Lipinski definition) is 7. The van der Waals surface area contributed by atoms with Crippen LogP contribution in [0.2, 0.25) is 5.02 Å². The van der Waals surface area contributed by atoms with Crippen molar-refractivity contribution in [2.45, 2.75) is 25.8 Å². The number of anilines is 2. The van der Waals surface area contributed by atoms with Crippen molar-refractivity contribution >= 4 is 29.6 Å². The molecule has 1 saturated carbocycles. The van der Waals surface area contributed by atoms with Crippen molar-refractivity contribution in [2.75, 3.05) is 23.3 Å². The molecule has 1 unspecified atom stereocenters. The summed E-state index contributed by atoms with van der Waals surface area (Å²) in [5.74, 6) is 2.09. The lowest BCUT2D eigenvalue weighted by atomic mass is 9.92. The predicted octanol–water partition coefficient (Wildman–Crippen LogP) is 4.39. The summed E-state index contributed by atoms with van der Waals surface area (Å²) >= 11 is 5.92. The molecule has 0 radical (unpaired) electrons. The van der Waals surface area contributed by atoms with Gasteiger partial charge in [-0.15, -0.1) is 5.10 Å². The van der Waals surface area contributed by atoms with Gasteiger partial charge in [0.05, 0.1) is 0 Å². The Hall–Kier alpha value is -3.20. The van der Waals surface area contributed by atoms with E-state index < -0.39 is 5.82 Å². The number of fused-ring (bicyclic) bond motifs is 2. The van der Waals surface area contributed by atoms with Gasteiger partial charge in [-0.05, 0) is 43.7 Å². The van der Waals surface area contributed by atoms with Gasteiger partial charge < -0.3 is 15.0 Å². The zero-order chi connectivity index (χ0) is 22.2. The molecule has 3 aromatic rings. The fourth-order valence-electron chi connectivity index (χ4n) is 4.66. The van der Waals surface area contributed by atoms with Gasteiger partial charge in [0.2, 0.25) is 5.95 Å². The van der Waals surface area contributed by atoms with Gasteiger partial charge in [0.25, 0.3) is 0 Å². The molecule has 5 rings (SSSR count).